The number of hydrogen-bond donors (Lipinski definition) is 1. The Labute approximate surface area is 167 Å². The molecule has 5 nitrogen and oxygen atoms in total. The van der Waals surface area contributed by atoms with Crippen molar-refractivity contribution in [1.29, 1.82) is 0 Å². The minimum Gasteiger partial charge on any atom is -0.462 e. The quantitative estimate of drug-likeness (QED) is 0.550. The summed E-state index contributed by atoms with van der Waals surface area (Å²) in [6, 6.07) is 2.27. The summed E-state index contributed by atoms with van der Waals surface area (Å²) in [5, 5.41) is 2.95. The molecule has 6 heteroatoms. The van der Waals surface area contributed by atoms with E-state index in [1.807, 2.05) is 6.92 Å². The Hall–Kier alpha value is -1.95. The van der Waals surface area contributed by atoms with E-state index in [2.05, 4.69) is 12.2 Å². The number of nitrogens with zero attached hydrogens (tertiary/aromatic N) is 1. The second-order valence-electron chi connectivity index (χ2n) is 7.68. The van der Waals surface area contributed by atoms with Gasteiger partial charge < -0.3 is 14.5 Å². The molecular formula is C22H34FN2O3+. The summed E-state index contributed by atoms with van der Waals surface area (Å²) >= 11 is 0. The third kappa shape index (κ3) is 4.90. The number of benzene rings is 1. The van der Waals surface area contributed by atoms with Crippen molar-refractivity contribution in [2.45, 2.75) is 65.8 Å². The fourth-order valence-corrected chi connectivity index (χ4v) is 4.47. The van der Waals surface area contributed by atoms with Gasteiger partial charge in [-0.2, -0.15) is 0 Å². The molecule has 1 atom stereocenters. The van der Waals surface area contributed by atoms with Gasteiger partial charge in [-0.05, 0) is 64.2 Å². The van der Waals surface area contributed by atoms with Crippen LogP contribution in [-0.2, 0) is 9.53 Å². The summed E-state index contributed by atoms with van der Waals surface area (Å²) in [6.45, 7) is 10.7. The van der Waals surface area contributed by atoms with E-state index in [0.29, 0.717) is 17.7 Å². The summed E-state index contributed by atoms with van der Waals surface area (Å²) in [5.41, 5.74) is 0.944. The zero-order valence-corrected chi connectivity index (χ0v) is 17.6. The molecule has 1 unspecified atom stereocenters. The maximum Gasteiger partial charge on any atom is 0.340 e. The average Bonchev–Trinajstić information content (AvgIpc) is 2.91. The number of aryl methyl sites for hydroxylation is 1. The number of rotatable bonds is 7. The van der Waals surface area contributed by atoms with Crippen molar-refractivity contribution in [1.82, 2.24) is 0 Å². The minimum absolute atomic E-state index is 0.0708. The van der Waals surface area contributed by atoms with Gasteiger partial charge in [0.05, 0.1) is 37.5 Å². The van der Waals surface area contributed by atoms with E-state index in [1.54, 1.807) is 13.8 Å². The van der Waals surface area contributed by atoms with Gasteiger partial charge in [-0.3, -0.25) is 4.79 Å². The van der Waals surface area contributed by atoms with Gasteiger partial charge in [-0.25, -0.2) is 9.18 Å². The normalized spacial score (nSPS) is 17.5. The molecular weight excluding hydrogens is 359 g/mol. The van der Waals surface area contributed by atoms with E-state index in [4.69, 9.17) is 4.74 Å². The molecule has 1 aliphatic heterocycles. The second kappa shape index (κ2) is 10.0. The van der Waals surface area contributed by atoms with Gasteiger partial charge in [0.15, 0.2) is 6.04 Å². The molecule has 1 aliphatic rings. The summed E-state index contributed by atoms with van der Waals surface area (Å²) in [7, 11) is 0. The molecule has 0 saturated carbocycles. The molecule has 0 bridgehead atoms. The van der Waals surface area contributed by atoms with Gasteiger partial charge in [0.1, 0.15) is 5.82 Å². The summed E-state index contributed by atoms with van der Waals surface area (Å²) in [5.74, 6) is -1.25. The van der Waals surface area contributed by atoms with Crippen molar-refractivity contribution in [2.75, 3.05) is 31.6 Å². The SMILES string of the molecule is CCOC(=O)c1cc(F)cc(C)c1NC(=O)C(CC)[N+]1(CC)CCCCCC1. The monoisotopic (exact) mass is 393 g/mol. The molecule has 1 N–H and O–H groups in total. The number of halogens is 1. The van der Waals surface area contributed by atoms with E-state index < -0.39 is 11.8 Å². The fraction of sp³-hybridized carbons (Fsp3) is 0.636. The molecule has 156 valence electrons. The van der Waals surface area contributed by atoms with Crippen molar-refractivity contribution in [2.24, 2.45) is 0 Å². The van der Waals surface area contributed by atoms with Crippen LogP contribution >= 0.6 is 0 Å². The van der Waals surface area contributed by atoms with Crippen LogP contribution in [0.2, 0.25) is 0 Å². The second-order valence-corrected chi connectivity index (χ2v) is 7.68. The van der Waals surface area contributed by atoms with Crippen molar-refractivity contribution in [3.8, 4) is 0 Å². The molecule has 1 fully saturated rings. The summed E-state index contributed by atoms with van der Waals surface area (Å²) in [6.07, 6.45) is 5.39. The Morgan fingerprint density at radius 2 is 1.79 bits per heavy atom. The number of esters is 1. The Bertz CT molecular complexity index is 697. The lowest BCUT2D eigenvalue weighted by atomic mass is 10.0. The lowest BCUT2D eigenvalue weighted by molar-refractivity contribution is -0.940. The maximum absolute atomic E-state index is 13.9. The van der Waals surface area contributed by atoms with E-state index in [1.165, 1.54) is 18.9 Å². The van der Waals surface area contributed by atoms with E-state index in [0.717, 1.165) is 43.0 Å². The molecule has 1 heterocycles. The fourth-order valence-electron chi connectivity index (χ4n) is 4.47. The highest BCUT2D eigenvalue weighted by molar-refractivity contribution is 6.03. The summed E-state index contributed by atoms with van der Waals surface area (Å²) < 4.78 is 19.7. The van der Waals surface area contributed by atoms with Crippen molar-refractivity contribution >= 4 is 17.6 Å². The smallest absolute Gasteiger partial charge is 0.340 e. The Morgan fingerprint density at radius 1 is 1.14 bits per heavy atom. The van der Waals surface area contributed by atoms with E-state index in [9.17, 15) is 14.0 Å². The van der Waals surface area contributed by atoms with Gasteiger partial charge in [0, 0.05) is 6.42 Å². The van der Waals surface area contributed by atoms with Crippen LogP contribution in [0, 0.1) is 12.7 Å². The zero-order valence-electron chi connectivity index (χ0n) is 17.6. The molecule has 1 saturated heterocycles. The Morgan fingerprint density at radius 3 is 2.32 bits per heavy atom. The first kappa shape index (κ1) is 22.3. The predicted octanol–water partition coefficient (Wildman–Crippen LogP) is 4.44. The number of carbonyl (C=O) groups is 2. The molecule has 0 aliphatic carbocycles. The van der Waals surface area contributed by atoms with Crippen LogP contribution in [0.3, 0.4) is 0 Å². The number of amides is 1. The molecule has 0 spiro atoms. The van der Waals surface area contributed by atoms with Crippen molar-refractivity contribution in [3.05, 3.63) is 29.1 Å². The van der Waals surface area contributed by atoms with Crippen molar-refractivity contribution in [3.63, 3.8) is 0 Å². The predicted molar refractivity (Wildman–Crippen MR) is 109 cm³/mol. The topological polar surface area (TPSA) is 55.4 Å². The minimum atomic E-state index is -0.623. The van der Waals surface area contributed by atoms with Crippen LogP contribution < -0.4 is 5.32 Å². The van der Waals surface area contributed by atoms with Crippen LogP contribution in [0.5, 0.6) is 0 Å². The first-order chi connectivity index (χ1) is 13.4. The number of nitrogens with one attached hydrogen (secondary N) is 1. The van der Waals surface area contributed by atoms with Gasteiger partial charge >= 0.3 is 5.97 Å². The Kier molecular flexibility index (Phi) is 7.98. The van der Waals surface area contributed by atoms with Crippen LogP contribution in [-0.4, -0.2) is 48.6 Å². The number of hydrogen-bond acceptors (Lipinski definition) is 3. The largest absolute Gasteiger partial charge is 0.462 e. The molecule has 1 aromatic carbocycles. The highest BCUT2D eigenvalue weighted by atomic mass is 19.1. The van der Waals surface area contributed by atoms with Crippen LogP contribution in [0.15, 0.2) is 12.1 Å². The third-order valence-corrected chi connectivity index (χ3v) is 5.98. The zero-order chi connectivity index (χ0) is 20.7. The standard InChI is InChI=1S/C22H33FN2O3/c1-5-19(25(6-2)12-10-8-9-11-13-25)21(26)24-20-16(4)14-17(23)15-18(20)22(27)28-7-3/h14-15,19H,5-13H2,1-4H3/p+1. The van der Waals surface area contributed by atoms with Gasteiger partial charge in [0.25, 0.3) is 5.91 Å². The van der Waals surface area contributed by atoms with Gasteiger partial charge in [-0.1, -0.05) is 6.92 Å². The van der Waals surface area contributed by atoms with E-state index >= 15 is 0 Å². The number of likely N-dealkylation sites (tertiary alicyclic amines) is 1. The highest BCUT2D eigenvalue weighted by Crippen LogP contribution is 2.28. The molecule has 0 aromatic heterocycles. The molecule has 1 aromatic rings. The Balaban J connectivity index is 2.35. The molecule has 2 rings (SSSR count). The molecule has 1 amide bonds. The first-order valence-electron chi connectivity index (χ1n) is 10.5. The number of anilines is 1. The number of carbonyl (C=O) groups excluding carboxylic acids is 2. The summed E-state index contributed by atoms with van der Waals surface area (Å²) in [4.78, 5) is 25.6. The molecule has 0 radical (unpaired) electrons. The first-order valence-corrected chi connectivity index (χ1v) is 10.5. The third-order valence-electron chi connectivity index (χ3n) is 5.98. The van der Waals surface area contributed by atoms with Crippen LogP contribution in [0.1, 0.15) is 68.8 Å². The number of likely N-dealkylation sites (N-methyl/N-ethyl adjacent to an activating group) is 1. The van der Waals surface area contributed by atoms with Crippen molar-refractivity contribution < 1.29 is 23.2 Å². The lowest BCUT2D eigenvalue weighted by Crippen LogP contribution is -2.60. The highest BCUT2D eigenvalue weighted by Gasteiger charge is 2.40. The maximum atomic E-state index is 13.9. The van der Waals surface area contributed by atoms with Crippen LogP contribution in [0.25, 0.3) is 0 Å². The molecule has 28 heavy (non-hydrogen) atoms. The van der Waals surface area contributed by atoms with Gasteiger partial charge in [-0.15, -0.1) is 0 Å². The van der Waals surface area contributed by atoms with E-state index in [-0.39, 0.29) is 24.1 Å². The van der Waals surface area contributed by atoms with Crippen LogP contribution in [0.4, 0.5) is 10.1 Å². The average molecular weight is 394 g/mol. The number of ether oxygens (including phenoxy) is 1. The lowest BCUT2D eigenvalue weighted by Gasteiger charge is -2.42. The number of quaternary nitrogens is 1. The van der Waals surface area contributed by atoms with Gasteiger partial charge in [0.2, 0.25) is 0 Å².